The average molecular weight is 274 g/mol. The van der Waals surface area contributed by atoms with Gasteiger partial charge in [0.15, 0.2) is 0 Å². The number of nitrogens with zero attached hydrogens (tertiary/aromatic N) is 1. The third-order valence-corrected chi connectivity index (χ3v) is 4.79. The lowest BCUT2D eigenvalue weighted by atomic mass is 9.79. The van der Waals surface area contributed by atoms with Crippen LogP contribution in [0.1, 0.15) is 63.6 Å². The van der Waals surface area contributed by atoms with Gasteiger partial charge in [-0.05, 0) is 48.4 Å². The zero-order chi connectivity index (χ0) is 14.8. The van der Waals surface area contributed by atoms with Gasteiger partial charge in [0.2, 0.25) is 0 Å². The van der Waals surface area contributed by atoms with E-state index >= 15 is 0 Å². The van der Waals surface area contributed by atoms with Crippen molar-refractivity contribution in [2.45, 2.75) is 52.5 Å². The third kappa shape index (κ3) is 3.24. The zero-order valence-electron chi connectivity index (χ0n) is 13.5. The highest BCUT2D eigenvalue weighted by atomic mass is 15.2. The first kappa shape index (κ1) is 15.5. The van der Waals surface area contributed by atoms with E-state index in [1.807, 2.05) is 0 Å². The van der Waals surface area contributed by atoms with Crippen molar-refractivity contribution >= 4 is 0 Å². The predicted molar refractivity (Wildman–Crippen MR) is 86.9 cm³/mol. The summed E-state index contributed by atoms with van der Waals surface area (Å²) in [4.78, 5) is 2.62. The van der Waals surface area contributed by atoms with E-state index in [1.54, 1.807) is 11.1 Å². The Morgan fingerprint density at radius 3 is 2.45 bits per heavy atom. The van der Waals surface area contributed by atoms with Gasteiger partial charge in [-0.2, -0.15) is 0 Å². The highest BCUT2D eigenvalue weighted by Gasteiger charge is 2.30. The summed E-state index contributed by atoms with van der Waals surface area (Å²) in [5.41, 5.74) is 9.21. The van der Waals surface area contributed by atoms with E-state index in [9.17, 15) is 0 Å². The van der Waals surface area contributed by atoms with Crippen molar-refractivity contribution in [2.24, 2.45) is 11.1 Å². The summed E-state index contributed by atoms with van der Waals surface area (Å²) in [6.07, 6.45) is 2.56. The van der Waals surface area contributed by atoms with Crippen LogP contribution >= 0.6 is 0 Å². The maximum absolute atomic E-state index is 5.93. The number of hydrogen-bond acceptors (Lipinski definition) is 2. The molecule has 2 nitrogen and oxygen atoms in total. The van der Waals surface area contributed by atoms with Crippen LogP contribution < -0.4 is 5.73 Å². The second-order valence-electron chi connectivity index (χ2n) is 7.05. The molecule has 0 bridgehead atoms. The molecule has 2 N–H and O–H groups in total. The number of fused-ring (bicyclic) bond motifs is 1. The van der Waals surface area contributed by atoms with Crippen LogP contribution in [0.2, 0.25) is 0 Å². The first-order valence-corrected chi connectivity index (χ1v) is 8.01. The average Bonchev–Trinajstić information content (AvgIpc) is 2.46. The third-order valence-electron chi connectivity index (χ3n) is 4.79. The van der Waals surface area contributed by atoms with Gasteiger partial charge in [-0.25, -0.2) is 0 Å². The molecule has 0 amide bonds. The van der Waals surface area contributed by atoms with Crippen molar-refractivity contribution in [2.75, 3.05) is 19.6 Å². The topological polar surface area (TPSA) is 29.3 Å². The van der Waals surface area contributed by atoms with Gasteiger partial charge in [0.05, 0.1) is 0 Å². The van der Waals surface area contributed by atoms with Crippen LogP contribution in [-0.2, 0) is 0 Å². The molecule has 0 aliphatic heterocycles. The number of hydrogen-bond donors (Lipinski definition) is 1. The monoisotopic (exact) mass is 274 g/mol. The van der Waals surface area contributed by atoms with Crippen molar-refractivity contribution in [1.82, 2.24) is 4.90 Å². The SMILES string of the molecule is CCN(CC(C)(C)CN)C1CCC(C)c2ccccc21. The molecule has 0 aromatic heterocycles. The Kier molecular flexibility index (Phi) is 4.87. The summed E-state index contributed by atoms with van der Waals surface area (Å²) in [6, 6.07) is 9.57. The lowest BCUT2D eigenvalue weighted by Gasteiger charge is -2.41. The molecule has 0 saturated heterocycles. The summed E-state index contributed by atoms with van der Waals surface area (Å²) >= 11 is 0. The largest absolute Gasteiger partial charge is 0.330 e. The highest BCUT2D eigenvalue weighted by molar-refractivity contribution is 5.35. The molecule has 112 valence electrons. The molecular formula is C18H30N2. The van der Waals surface area contributed by atoms with E-state index in [2.05, 4.69) is 56.9 Å². The summed E-state index contributed by atoms with van der Waals surface area (Å²) in [5, 5.41) is 0. The van der Waals surface area contributed by atoms with Gasteiger partial charge in [0.1, 0.15) is 0 Å². The minimum Gasteiger partial charge on any atom is -0.330 e. The molecule has 2 unspecified atom stereocenters. The summed E-state index contributed by atoms with van der Waals surface area (Å²) < 4.78 is 0. The van der Waals surface area contributed by atoms with Gasteiger partial charge in [-0.3, -0.25) is 4.90 Å². The number of benzene rings is 1. The van der Waals surface area contributed by atoms with E-state index < -0.39 is 0 Å². The van der Waals surface area contributed by atoms with Crippen molar-refractivity contribution in [3.05, 3.63) is 35.4 Å². The molecule has 1 aromatic carbocycles. The van der Waals surface area contributed by atoms with Crippen LogP contribution in [0, 0.1) is 5.41 Å². The molecule has 0 fully saturated rings. The van der Waals surface area contributed by atoms with Crippen LogP contribution in [0.3, 0.4) is 0 Å². The Labute approximate surface area is 124 Å². The van der Waals surface area contributed by atoms with Gasteiger partial charge in [0, 0.05) is 12.6 Å². The molecule has 0 spiro atoms. The summed E-state index contributed by atoms with van der Waals surface area (Å²) in [7, 11) is 0. The van der Waals surface area contributed by atoms with Crippen molar-refractivity contribution in [3.8, 4) is 0 Å². The van der Waals surface area contributed by atoms with Crippen molar-refractivity contribution in [3.63, 3.8) is 0 Å². The fourth-order valence-electron chi connectivity index (χ4n) is 3.42. The quantitative estimate of drug-likeness (QED) is 0.881. The fraction of sp³-hybridized carbons (Fsp3) is 0.667. The smallest absolute Gasteiger partial charge is 0.0351 e. The Morgan fingerprint density at radius 1 is 1.20 bits per heavy atom. The molecule has 0 heterocycles. The Balaban J connectivity index is 2.25. The van der Waals surface area contributed by atoms with Crippen LogP contribution in [0.4, 0.5) is 0 Å². The first-order valence-electron chi connectivity index (χ1n) is 8.01. The number of rotatable bonds is 5. The van der Waals surface area contributed by atoms with Gasteiger partial charge >= 0.3 is 0 Å². The molecule has 2 rings (SSSR count). The predicted octanol–water partition coefficient (Wildman–Crippen LogP) is 3.93. The molecular weight excluding hydrogens is 244 g/mol. The van der Waals surface area contributed by atoms with Crippen molar-refractivity contribution < 1.29 is 0 Å². The maximum Gasteiger partial charge on any atom is 0.0351 e. The Hall–Kier alpha value is -0.860. The van der Waals surface area contributed by atoms with Gasteiger partial charge in [-0.1, -0.05) is 52.0 Å². The molecule has 2 atom stereocenters. The maximum atomic E-state index is 5.93. The van der Waals surface area contributed by atoms with E-state index in [-0.39, 0.29) is 5.41 Å². The molecule has 20 heavy (non-hydrogen) atoms. The molecule has 0 radical (unpaired) electrons. The first-order chi connectivity index (χ1) is 9.48. The van der Waals surface area contributed by atoms with Gasteiger partial charge in [0.25, 0.3) is 0 Å². The van der Waals surface area contributed by atoms with E-state index in [1.165, 1.54) is 12.8 Å². The Morgan fingerprint density at radius 2 is 1.85 bits per heavy atom. The van der Waals surface area contributed by atoms with Crippen LogP contribution in [0.25, 0.3) is 0 Å². The van der Waals surface area contributed by atoms with Gasteiger partial charge in [-0.15, -0.1) is 0 Å². The van der Waals surface area contributed by atoms with Crippen LogP contribution in [0.15, 0.2) is 24.3 Å². The molecule has 1 aliphatic rings. The van der Waals surface area contributed by atoms with E-state index in [0.717, 1.165) is 19.6 Å². The second kappa shape index (κ2) is 6.28. The fourth-order valence-corrected chi connectivity index (χ4v) is 3.42. The highest BCUT2D eigenvalue weighted by Crippen LogP contribution is 2.40. The normalized spacial score (nSPS) is 22.9. The molecule has 0 saturated carbocycles. The number of nitrogens with two attached hydrogens (primary N) is 1. The lowest BCUT2D eigenvalue weighted by Crippen LogP contribution is -2.41. The Bertz CT molecular complexity index is 439. The summed E-state index contributed by atoms with van der Waals surface area (Å²) in [6.45, 7) is 12.1. The lowest BCUT2D eigenvalue weighted by molar-refractivity contribution is 0.124. The van der Waals surface area contributed by atoms with Gasteiger partial charge < -0.3 is 5.73 Å². The minimum atomic E-state index is 0.189. The van der Waals surface area contributed by atoms with Crippen LogP contribution in [-0.4, -0.2) is 24.5 Å². The van der Waals surface area contributed by atoms with E-state index in [4.69, 9.17) is 5.73 Å². The van der Waals surface area contributed by atoms with E-state index in [0.29, 0.717) is 12.0 Å². The molecule has 2 heteroatoms. The summed E-state index contributed by atoms with van der Waals surface area (Å²) in [5.74, 6) is 0.698. The molecule has 1 aliphatic carbocycles. The zero-order valence-corrected chi connectivity index (χ0v) is 13.5. The van der Waals surface area contributed by atoms with Crippen LogP contribution in [0.5, 0.6) is 0 Å². The minimum absolute atomic E-state index is 0.189. The second-order valence-corrected chi connectivity index (χ2v) is 7.05. The van der Waals surface area contributed by atoms with Crippen molar-refractivity contribution in [1.29, 1.82) is 0 Å². The molecule has 1 aromatic rings. The standard InChI is InChI=1S/C18H30N2/c1-5-20(13-18(3,4)12-19)17-11-10-14(2)15-8-6-7-9-16(15)17/h6-9,14,17H,5,10-13,19H2,1-4H3.